The van der Waals surface area contributed by atoms with Crippen molar-refractivity contribution in [3.63, 3.8) is 0 Å². The van der Waals surface area contributed by atoms with Gasteiger partial charge in [-0.1, -0.05) is 33.3 Å². The standard InChI is InChI=1S/C19H14B3BrFN3O/c20-19(21,22)27-15-9-4-7-13(24)16(15)17(25-18(27)28)26-10-2-1-5-11-12(23)6-3-8-14(11)26/h3-4,6-9H,1-2,5,10H2. The summed E-state index contributed by atoms with van der Waals surface area (Å²) in [6, 6.07) is 10.2. The SMILES string of the molecule is [B]C([B])([B])n1c(=O)nc(N2CCCCc3c(Br)cccc32)c2c(F)cccc21. The van der Waals surface area contributed by atoms with Gasteiger partial charge in [0.15, 0.2) is 5.82 Å². The van der Waals surface area contributed by atoms with Gasteiger partial charge in [0.05, 0.1) is 34.4 Å². The maximum absolute atomic E-state index is 14.9. The molecule has 3 aromatic rings. The zero-order valence-electron chi connectivity index (χ0n) is 15.0. The van der Waals surface area contributed by atoms with Gasteiger partial charge in [-0.15, -0.1) is 0 Å². The highest BCUT2D eigenvalue weighted by Crippen LogP contribution is 2.38. The zero-order valence-corrected chi connectivity index (χ0v) is 16.6. The van der Waals surface area contributed by atoms with Crippen LogP contribution < -0.4 is 10.6 Å². The molecule has 0 spiro atoms. The second-order valence-corrected chi connectivity index (χ2v) is 7.78. The Kier molecular flexibility index (Phi) is 4.90. The molecule has 134 valence electrons. The fourth-order valence-electron chi connectivity index (χ4n) is 3.75. The van der Waals surface area contributed by atoms with E-state index in [0.29, 0.717) is 6.54 Å². The van der Waals surface area contributed by atoms with Crippen LogP contribution in [0.1, 0.15) is 18.4 Å². The first kappa shape index (κ1) is 19.3. The van der Waals surface area contributed by atoms with E-state index in [1.54, 1.807) is 6.07 Å². The third kappa shape index (κ3) is 3.19. The molecule has 0 aliphatic carbocycles. The van der Waals surface area contributed by atoms with Crippen molar-refractivity contribution in [3.8, 4) is 0 Å². The minimum Gasteiger partial charge on any atom is -0.325 e. The number of halogens is 2. The van der Waals surface area contributed by atoms with E-state index in [1.165, 1.54) is 12.1 Å². The van der Waals surface area contributed by atoms with Gasteiger partial charge in [-0.25, -0.2) is 9.18 Å². The van der Waals surface area contributed by atoms with Gasteiger partial charge >= 0.3 is 5.69 Å². The third-order valence-corrected chi connectivity index (χ3v) is 5.68. The van der Waals surface area contributed by atoms with Crippen LogP contribution in [-0.4, -0.2) is 39.6 Å². The van der Waals surface area contributed by atoms with E-state index >= 15 is 0 Å². The fraction of sp³-hybridized carbons (Fsp3) is 0.263. The molecular formula is C19H14B3BrFN3O. The molecule has 0 unspecified atom stereocenters. The fourth-order valence-corrected chi connectivity index (χ4v) is 4.30. The van der Waals surface area contributed by atoms with Crippen molar-refractivity contribution in [2.45, 2.75) is 24.5 Å². The second kappa shape index (κ2) is 7.10. The summed E-state index contributed by atoms with van der Waals surface area (Å²) in [5.74, 6) is -0.293. The van der Waals surface area contributed by atoms with Crippen molar-refractivity contribution in [3.05, 3.63) is 62.7 Å². The summed E-state index contributed by atoms with van der Waals surface area (Å²) in [7, 11) is 17.3. The number of anilines is 2. The lowest BCUT2D eigenvalue weighted by molar-refractivity contribution is 0.635. The van der Waals surface area contributed by atoms with Crippen molar-refractivity contribution < 1.29 is 4.39 Å². The lowest BCUT2D eigenvalue weighted by atomic mass is 9.49. The average Bonchev–Trinajstić information content (AvgIpc) is 2.83. The highest BCUT2D eigenvalue weighted by molar-refractivity contribution is 9.10. The molecule has 2 heterocycles. The molecule has 0 N–H and O–H groups in total. The van der Waals surface area contributed by atoms with Crippen molar-refractivity contribution in [1.29, 1.82) is 0 Å². The summed E-state index contributed by atoms with van der Waals surface area (Å²) in [4.78, 5) is 18.8. The Morgan fingerprint density at radius 3 is 2.61 bits per heavy atom. The molecule has 0 atom stereocenters. The number of hydrogen-bond acceptors (Lipinski definition) is 3. The van der Waals surface area contributed by atoms with E-state index in [-0.39, 0.29) is 16.7 Å². The van der Waals surface area contributed by atoms with E-state index in [0.717, 1.165) is 39.6 Å². The summed E-state index contributed by atoms with van der Waals surface area (Å²) in [6.45, 7) is 0.600. The van der Waals surface area contributed by atoms with Crippen LogP contribution >= 0.6 is 15.9 Å². The first-order valence-corrected chi connectivity index (χ1v) is 9.71. The van der Waals surface area contributed by atoms with E-state index in [2.05, 4.69) is 20.9 Å². The van der Waals surface area contributed by atoms with E-state index in [9.17, 15) is 9.18 Å². The van der Waals surface area contributed by atoms with Crippen LogP contribution in [0, 0.1) is 5.82 Å². The molecule has 9 heteroatoms. The lowest BCUT2D eigenvalue weighted by Gasteiger charge is -2.30. The van der Waals surface area contributed by atoms with Crippen molar-refractivity contribution in [2.75, 3.05) is 11.4 Å². The normalized spacial score (nSPS) is 14.7. The minimum atomic E-state index is -2.01. The Bertz CT molecular complexity index is 1130. The predicted molar refractivity (Wildman–Crippen MR) is 115 cm³/mol. The smallest absolute Gasteiger partial charge is 0.325 e. The number of hydrogen-bond donors (Lipinski definition) is 0. The first-order valence-electron chi connectivity index (χ1n) is 8.92. The summed E-state index contributed by atoms with van der Waals surface area (Å²) >= 11 is 3.60. The van der Waals surface area contributed by atoms with Crippen LogP contribution in [0.3, 0.4) is 0 Å². The molecule has 0 amide bonds. The van der Waals surface area contributed by atoms with Crippen molar-refractivity contribution in [2.24, 2.45) is 0 Å². The summed E-state index contributed by atoms with van der Waals surface area (Å²) in [5, 5.41) is -1.85. The summed E-state index contributed by atoms with van der Waals surface area (Å²) in [5.41, 5.74) is 1.45. The van der Waals surface area contributed by atoms with Gasteiger partial charge in [0, 0.05) is 16.7 Å². The maximum Gasteiger partial charge on any atom is 0.348 e. The first-order chi connectivity index (χ1) is 13.3. The Hall–Kier alpha value is -2.02. The van der Waals surface area contributed by atoms with Gasteiger partial charge in [0.2, 0.25) is 0 Å². The average molecular weight is 432 g/mol. The number of nitrogens with zero attached hydrogens (tertiary/aromatic N) is 3. The monoisotopic (exact) mass is 431 g/mol. The highest BCUT2D eigenvalue weighted by Gasteiger charge is 2.26. The Balaban J connectivity index is 2.07. The van der Waals surface area contributed by atoms with Crippen molar-refractivity contribution >= 4 is 61.9 Å². The van der Waals surface area contributed by atoms with Crippen LogP contribution in [0.4, 0.5) is 15.9 Å². The molecule has 4 nitrogen and oxygen atoms in total. The maximum atomic E-state index is 14.9. The molecule has 1 aliphatic rings. The number of benzene rings is 2. The summed E-state index contributed by atoms with van der Waals surface area (Å²) < 4.78 is 16.8. The molecule has 1 aromatic heterocycles. The molecule has 0 fully saturated rings. The number of fused-ring (bicyclic) bond motifs is 2. The molecule has 0 saturated heterocycles. The van der Waals surface area contributed by atoms with Crippen LogP contribution in [0.2, 0.25) is 0 Å². The lowest BCUT2D eigenvalue weighted by Crippen LogP contribution is -2.44. The van der Waals surface area contributed by atoms with Crippen LogP contribution in [-0.2, 0) is 11.7 Å². The highest BCUT2D eigenvalue weighted by atomic mass is 79.9. The summed E-state index contributed by atoms with van der Waals surface area (Å²) in [6.07, 6.45) is 2.72. The number of aromatic nitrogens is 2. The third-order valence-electron chi connectivity index (χ3n) is 4.94. The predicted octanol–water partition coefficient (Wildman–Crippen LogP) is 2.85. The molecule has 28 heavy (non-hydrogen) atoms. The second-order valence-electron chi connectivity index (χ2n) is 6.92. The van der Waals surface area contributed by atoms with Gasteiger partial charge in [0.25, 0.3) is 0 Å². The Morgan fingerprint density at radius 1 is 1.11 bits per heavy atom. The Morgan fingerprint density at radius 2 is 1.86 bits per heavy atom. The van der Waals surface area contributed by atoms with Crippen molar-refractivity contribution in [1.82, 2.24) is 9.55 Å². The quantitative estimate of drug-likeness (QED) is 0.586. The van der Waals surface area contributed by atoms with Crippen LogP contribution in [0.5, 0.6) is 0 Å². The van der Waals surface area contributed by atoms with Gasteiger partial charge in [0.1, 0.15) is 5.82 Å². The molecule has 1 aliphatic heterocycles. The topological polar surface area (TPSA) is 38.1 Å². The van der Waals surface area contributed by atoms with Gasteiger partial charge < -0.3 is 9.47 Å². The Labute approximate surface area is 174 Å². The molecule has 4 rings (SSSR count). The molecule has 6 radical (unpaired) electrons. The van der Waals surface area contributed by atoms with E-state index in [4.69, 9.17) is 23.5 Å². The van der Waals surface area contributed by atoms with E-state index < -0.39 is 16.7 Å². The van der Waals surface area contributed by atoms with Gasteiger partial charge in [-0.3, -0.25) is 0 Å². The minimum absolute atomic E-state index is 0.153. The zero-order chi connectivity index (χ0) is 20.1. The van der Waals surface area contributed by atoms with Gasteiger partial charge in [-0.2, -0.15) is 4.98 Å². The largest absolute Gasteiger partial charge is 0.348 e. The van der Waals surface area contributed by atoms with E-state index in [1.807, 2.05) is 23.1 Å². The molecule has 0 saturated carbocycles. The van der Waals surface area contributed by atoms with Gasteiger partial charge in [-0.05, 0) is 49.1 Å². The molecular weight excluding hydrogens is 418 g/mol. The molecule has 0 bridgehead atoms. The molecule has 2 aromatic carbocycles. The van der Waals surface area contributed by atoms with Crippen LogP contribution in [0.15, 0.2) is 45.7 Å². The van der Waals surface area contributed by atoms with Crippen LogP contribution in [0.25, 0.3) is 10.9 Å². The number of rotatable bonds is 2.